The van der Waals surface area contributed by atoms with Crippen molar-refractivity contribution in [2.45, 2.75) is 37.8 Å². The molecule has 0 bridgehead atoms. The van der Waals surface area contributed by atoms with Crippen molar-refractivity contribution in [1.29, 1.82) is 0 Å². The maximum absolute atomic E-state index is 13.4. The molecule has 1 saturated heterocycles. The van der Waals surface area contributed by atoms with Crippen molar-refractivity contribution in [2.75, 3.05) is 13.6 Å². The van der Waals surface area contributed by atoms with E-state index in [9.17, 15) is 14.4 Å². The Morgan fingerprint density at radius 1 is 1.22 bits per heavy atom. The standard InChI is InChI=1S/C24H24N4O3S/c1-15(21-25-18-11-5-6-12-19(18)32-21)27(2)20(29)14-28-22(30)24(26-23(28)31)13-7-9-16-8-3-4-10-17(16)24/h3-6,8,10-12,15H,7,9,13-14H2,1-2H3,(H,26,31)/t15-,24-/m0/s1. The molecular formula is C24H24N4O3S. The van der Waals surface area contributed by atoms with Crippen molar-refractivity contribution in [2.24, 2.45) is 0 Å². The maximum atomic E-state index is 13.4. The van der Waals surface area contributed by atoms with Gasteiger partial charge in [0, 0.05) is 7.05 Å². The number of carbonyl (C=O) groups excluding carboxylic acids is 3. The normalized spacial score (nSPS) is 21.0. The van der Waals surface area contributed by atoms with Gasteiger partial charge in [-0.1, -0.05) is 36.4 Å². The number of likely N-dealkylation sites (N-methyl/N-ethyl adjacent to an activating group) is 1. The van der Waals surface area contributed by atoms with Crippen LogP contribution >= 0.6 is 11.3 Å². The van der Waals surface area contributed by atoms with Crippen molar-refractivity contribution >= 4 is 39.4 Å². The fourth-order valence-corrected chi connectivity index (χ4v) is 5.72. The zero-order chi connectivity index (χ0) is 22.5. The third kappa shape index (κ3) is 3.17. The number of aromatic nitrogens is 1. The average molecular weight is 449 g/mol. The highest BCUT2D eigenvalue weighted by Crippen LogP contribution is 2.40. The molecule has 1 aromatic heterocycles. The lowest BCUT2D eigenvalue weighted by atomic mass is 9.76. The summed E-state index contributed by atoms with van der Waals surface area (Å²) >= 11 is 1.54. The van der Waals surface area contributed by atoms with Crippen LogP contribution in [0, 0.1) is 0 Å². The molecule has 1 spiro atoms. The number of hydrogen-bond donors (Lipinski definition) is 1. The molecule has 1 fully saturated rings. The third-order valence-corrected chi connectivity index (χ3v) is 7.79. The summed E-state index contributed by atoms with van der Waals surface area (Å²) in [6.45, 7) is 1.61. The van der Waals surface area contributed by atoms with Gasteiger partial charge in [0.15, 0.2) is 0 Å². The predicted molar refractivity (Wildman–Crippen MR) is 122 cm³/mol. The van der Waals surface area contributed by atoms with Crippen LogP contribution in [0.1, 0.15) is 41.9 Å². The molecule has 1 aliphatic carbocycles. The SMILES string of the molecule is C[C@@H](c1nc2ccccc2s1)N(C)C(=O)CN1C(=O)N[C@]2(CCCc3ccccc32)C1=O. The van der Waals surface area contributed by atoms with E-state index in [2.05, 4.69) is 10.3 Å². The van der Waals surface area contributed by atoms with E-state index >= 15 is 0 Å². The summed E-state index contributed by atoms with van der Waals surface area (Å²) in [5.74, 6) is -0.648. The molecule has 4 amide bonds. The smallest absolute Gasteiger partial charge is 0.325 e. The molecule has 0 radical (unpaired) electrons. The van der Waals surface area contributed by atoms with Gasteiger partial charge in [0.25, 0.3) is 5.91 Å². The van der Waals surface area contributed by atoms with E-state index in [1.54, 1.807) is 11.9 Å². The van der Waals surface area contributed by atoms with Crippen LogP contribution in [0.5, 0.6) is 0 Å². The van der Waals surface area contributed by atoms with Gasteiger partial charge in [-0.3, -0.25) is 14.5 Å². The lowest BCUT2D eigenvalue weighted by Gasteiger charge is -2.33. The van der Waals surface area contributed by atoms with E-state index in [0.29, 0.717) is 6.42 Å². The monoisotopic (exact) mass is 448 g/mol. The van der Waals surface area contributed by atoms with Crippen LogP contribution in [-0.2, 0) is 21.5 Å². The van der Waals surface area contributed by atoms with Crippen LogP contribution in [0.15, 0.2) is 48.5 Å². The minimum Gasteiger partial charge on any atom is -0.335 e. The number of nitrogens with one attached hydrogen (secondary N) is 1. The number of imide groups is 1. The molecule has 5 rings (SSSR count). The average Bonchev–Trinajstić information content (AvgIpc) is 3.34. The van der Waals surface area contributed by atoms with Gasteiger partial charge in [-0.05, 0) is 49.4 Å². The molecule has 3 aromatic rings. The van der Waals surface area contributed by atoms with Crippen LogP contribution in [0.3, 0.4) is 0 Å². The first-order chi connectivity index (χ1) is 15.4. The Hall–Kier alpha value is -3.26. The highest BCUT2D eigenvalue weighted by atomic mass is 32.1. The van der Waals surface area contributed by atoms with Crippen molar-refractivity contribution in [3.05, 3.63) is 64.7 Å². The van der Waals surface area contributed by atoms with Crippen LogP contribution in [0.2, 0.25) is 0 Å². The molecule has 164 valence electrons. The van der Waals surface area contributed by atoms with Crippen LogP contribution < -0.4 is 5.32 Å². The quantitative estimate of drug-likeness (QED) is 0.619. The van der Waals surface area contributed by atoms with Gasteiger partial charge in [-0.15, -0.1) is 11.3 Å². The molecular weight excluding hydrogens is 424 g/mol. The van der Waals surface area contributed by atoms with Gasteiger partial charge >= 0.3 is 6.03 Å². The van der Waals surface area contributed by atoms with Gasteiger partial charge < -0.3 is 10.2 Å². The van der Waals surface area contributed by atoms with Crippen molar-refractivity contribution < 1.29 is 14.4 Å². The van der Waals surface area contributed by atoms with Crippen LogP contribution in [0.4, 0.5) is 4.79 Å². The summed E-state index contributed by atoms with van der Waals surface area (Å²) in [6.07, 6.45) is 2.22. The Morgan fingerprint density at radius 3 is 2.78 bits per heavy atom. The summed E-state index contributed by atoms with van der Waals surface area (Å²) in [5, 5.41) is 3.72. The first kappa shape index (κ1) is 20.6. The van der Waals surface area contributed by atoms with E-state index in [4.69, 9.17) is 0 Å². The molecule has 32 heavy (non-hydrogen) atoms. The highest BCUT2D eigenvalue weighted by molar-refractivity contribution is 7.18. The van der Waals surface area contributed by atoms with Crippen LogP contribution in [-0.4, -0.2) is 46.2 Å². The fourth-order valence-electron chi connectivity index (χ4n) is 4.65. The second-order valence-corrected chi connectivity index (χ2v) is 9.50. The summed E-state index contributed by atoms with van der Waals surface area (Å²) in [6, 6.07) is 14.8. The Morgan fingerprint density at radius 2 is 1.97 bits per heavy atom. The molecule has 2 aromatic carbocycles. The van der Waals surface area contributed by atoms with Gasteiger partial charge in [-0.2, -0.15) is 0 Å². The predicted octanol–water partition coefficient (Wildman–Crippen LogP) is 3.60. The topological polar surface area (TPSA) is 82.6 Å². The molecule has 2 aliphatic rings. The number of rotatable bonds is 4. The molecule has 1 aliphatic heterocycles. The lowest BCUT2D eigenvalue weighted by molar-refractivity contribution is -0.139. The summed E-state index contributed by atoms with van der Waals surface area (Å²) in [7, 11) is 1.68. The first-order valence-electron chi connectivity index (χ1n) is 10.7. The second kappa shape index (κ2) is 7.70. The second-order valence-electron chi connectivity index (χ2n) is 8.44. The van der Waals surface area contributed by atoms with E-state index in [1.165, 1.54) is 11.3 Å². The van der Waals surface area contributed by atoms with Crippen molar-refractivity contribution in [3.63, 3.8) is 0 Å². The number of amides is 4. The zero-order valence-corrected chi connectivity index (χ0v) is 18.8. The zero-order valence-electron chi connectivity index (χ0n) is 18.0. The molecule has 7 nitrogen and oxygen atoms in total. The summed E-state index contributed by atoms with van der Waals surface area (Å²) < 4.78 is 1.06. The largest absolute Gasteiger partial charge is 0.335 e. The minimum atomic E-state index is -1.07. The Labute approximate surface area is 190 Å². The maximum Gasteiger partial charge on any atom is 0.325 e. The number of thiazole rings is 1. The molecule has 0 unspecified atom stereocenters. The number of fused-ring (bicyclic) bond motifs is 3. The number of benzene rings is 2. The number of aryl methyl sites for hydroxylation is 1. The number of para-hydroxylation sites is 1. The van der Waals surface area contributed by atoms with Crippen LogP contribution in [0.25, 0.3) is 10.2 Å². The Balaban J connectivity index is 1.35. The van der Waals surface area contributed by atoms with Gasteiger partial charge in [-0.25, -0.2) is 9.78 Å². The Bertz CT molecular complexity index is 1210. The molecule has 8 heteroatoms. The Kier molecular flexibility index (Phi) is 4.97. The lowest BCUT2D eigenvalue weighted by Crippen LogP contribution is -2.47. The van der Waals surface area contributed by atoms with Gasteiger partial charge in [0.05, 0.1) is 16.3 Å². The van der Waals surface area contributed by atoms with Crippen molar-refractivity contribution in [1.82, 2.24) is 20.1 Å². The summed E-state index contributed by atoms with van der Waals surface area (Å²) in [5.41, 5.74) is 1.74. The van der Waals surface area contributed by atoms with Gasteiger partial charge in [0.2, 0.25) is 5.91 Å². The molecule has 1 N–H and O–H groups in total. The van der Waals surface area contributed by atoms with E-state index in [1.807, 2.05) is 55.5 Å². The van der Waals surface area contributed by atoms with E-state index < -0.39 is 11.6 Å². The molecule has 0 saturated carbocycles. The first-order valence-corrected chi connectivity index (χ1v) is 11.6. The fraction of sp³-hybridized carbons (Fsp3) is 0.333. The third-order valence-electron chi connectivity index (χ3n) is 6.59. The van der Waals surface area contributed by atoms with Gasteiger partial charge in [0.1, 0.15) is 17.1 Å². The molecule has 2 heterocycles. The molecule has 2 atom stereocenters. The number of carbonyl (C=O) groups is 3. The number of nitrogens with zero attached hydrogens (tertiary/aromatic N) is 3. The highest BCUT2D eigenvalue weighted by Gasteiger charge is 2.54. The van der Waals surface area contributed by atoms with E-state index in [0.717, 1.165) is 44.1 Å². The minimum absolute atomic E-state index is 0.273. The number of urea groups is 1. The van der Waals surface area contributed by atoms with E-state index in [-0.39, 0.29) is 24.4 Å². The number of hydrogen-bond acceptors (Lipinski definition) is 5. The summed E-state index contributed by atoms with van der Waals surface area (Å²) in [4.78, 5) is 46.5. The van der Waals surface area contributed by atoms with Crippen molar-refractivity contribution in [3.8, 4) is 0 Å².